The maximum Gasteiger partial charge on any atom is 0.230 e. The molecule has 4 heteroatoms. The zero-order valence-electron chi connectivity index (χ0n) is 8.88. The molecule has 3 aromatic rings. The smallest absolute Gasteiger partial charge is 0.230 e. The number of fused-ring (bicyclic) bond motifs is 2. The number of rotatable bonds is 1. The molecule has 0 saturated heterocycles. The van der Waals surface area contributed by atoms with Crippen LogP contribution < -0.4 is 5.43 Å². The fourth-order valence-electron chi connectivity index (χ4n) is 1.84. The zero-order valence-corrected chi connectivity index (χ0v) is 8.88. The van der Waals surface area contributed by atoms with E-state index in [0.29, 0.717) is 27.6 Å². The van der Waals surface area contributed by atoms with E-state index >= 15 is 0 Å². The summed E-state index contributed by atoms with van der Waals surface area (Å²) in [5, 5.41) is 9.98. The monoisotopic (exact) mass is 227 g/mol. The second-order valence-electron chi connectivity index (χ2n) is 3.78. The van der Waals surface area contributed by atoms with Gasteiger partial charge in [0.1, 0.15) is 5.58 Å². The Kier molecular flexibility index (Phi) is 2.16. The molecule has 2 heterocycles. The summed E-state index contributed by atoms with van der Waals surface area (Å²) in [7, 11) is 0. The quantitative estimate of drug-likeness (QED) is 0.644. The third kappa shape index (κ3) is 1.50. The van der Waals surface area contributed by atoms with E-state index in [9.17, 15) is 4.79 Å². The van der Waals surface area contributed by atoms with Crippen molar-refractivity contribution in [3.63, 3.8) is 0 Å². The number of nitrogens with zero attached hydrogens (tertiary/aromatic N) is 1. The van der Waals surface area contributed by atoms with E-state index in [4.69, 9.17) is 9.52 Å². The van der Waals surface area contributed by atoms with Crippen molar-refractivity contribution in [2.45, 2.75) is 6.61 Å². The summed E-state index contributed by atoms with van der Waals surface area (Å²) in [5.74, 6) is 0. The lowest BCUT2D eigenvalue weighted by molar-refractivity contribution is 0.282. The van der Waals surface area contributed by atoms with Crippen LogP contribution in [0.3, 0.4) is 0 Å². The van der Waals surface area contributed by atoms with E-state index < -0.39 is 0 Å². The first-order valence-corrected chi connectivity index (χ1v) is 5.21. The van der Waals surface area contributed by atoms with Crippen LogP contribution in [0.15, 0.2) is 45.7 Å². The van der Waals surface area contributed by atoms with E-state index in [-0.39, 0.29) is 12.0 Å². The van der Waals surface area contributed by atoms with Crippen molar-refractivity contribution in [1.29, 1.82) is 0 Å². The van der Waals surface area contributed by atoms with E-state index in [1.807, 2.05) is 0 Å². The molecule has 0 fully saturated rings. The highest BCUT2D eigenvalue weighted by atomic mass is 16.3. The van der Waals surface area contributed by atoms with Crippen LogP contribution in [0.5, 0.6) is 0 Å². The third-order valence-electron chi connectivity index (χ3n) is 2.69. The summed E-state index contributed by atoms with van der Waals surface area (Å²) in [6.07, 6.45) is 1.58. The van der Waals surface area contributed by atoms with Crippen molar-refractivity contribution in [3.8, 4) is 0 Å². The average Bonchev–Trinajstić information content (AvgIpc) is 2.39. The minimum atomic E-state index is -0.121. The summed E-state index contributed by atoms with van der Waals surface area (Å²) >= 11 is 0. The molecule has 0 unspecified atom stereocenters. The molecule has 3 rings (SSSR count). The summed E-state index contributed by atoms with van der Waals surface area (Å²) < 4.78 is 5.53. The first kappa shape index (κ1) is 9.99. The van der Waals surface area contributed by atoms with Gasteiger partial charge in [0.15, 0.2) is 0 Å². The van der Waals surface area contributed by atoms with Gasteiger partial charge in [-0.05, 0) is 29.8 Å². The normalized spacial score (nSPS) is 11.1. The molecule has 0 radical (unpaired) electrons. The van der Waals surface area contributed by atoms with Gasteiger partial charge < -0.3 is 9.52 Å². The topological polar surface area (TPSA) is 63.3 Å². The molecular weight excluding hydrogens is 218 g/mol. The summed E-state index contributed by atoms with van der Waals surface area (Å²) in [6.45, 7) is -0.0968. The van der Waals surface area contributed by atoms with Crippen molar-refractivity contribution in [2.24, 2.45) is 0 Å². The van der Waals surface area contributed by atoms with Crippen molar-refractivity contribution < 1.29 is 9.52 Å². The maximum atomic E-state index is 12.2. The van der Waals surface area contributed by atoms with E-state index in [2.05, 4.69) is 4.98 Å². The second-order valence-corrected chi connectivity index (χ2v) is 3.78. The predicted octanol–water partition coefficient (Wildman–Crippen LogP) is 1.83. The Morgan fingerprint density at radius 1 is 1.24 bits per heavy atom. The van der Waals surface area contributed by atoms with Crippen LogP contribution in [0.2, 0.25) is 0 Å². The molecule has 0 amide bonds. The van der Waals surface area contributed by atoms with Crippen LogP contribution in [0, 0.1) is 0 Å². The Morgan fingerprint density at radius 2 is 2.12 bits per heavy atom. The van der Waals surface area contributed by atoms with Crippen LogP contribution in [0.1, 0.15) is 5.56 Å². The van der Waals surface area contributed by atoms with Crippen molar-refractivity contribution in [1.82, 2.24) is 4.98 Å². The van der Waals surface area contributed by atoms with Crippen LogP contribution >= 0.6 is 0 Å². The van der Waals surface area contributed by atoms with Gasteiger partial charge in [0, 0.05) is 6.20 Å². The molecule has 84 valence electrons. The third-order valence-corrected chi connectivity index (χ3v) is 2.69. The van der Waals surface area contributed by atoms with E-state index in [0.717, 1.165) is 0 Å². The van der Waals surface area contributed by atoms with Crippen molar-refractivity contribution in [2.75, 3.05) is 0 Å². The average molecular weight is 227 g/mol. The molecule has 0 bridgehead atoms. The summed E-state index contributed by atoms with van der Waals surface area (Å²) in [4.78, 5) is 16.2. The Hall–Kier alpha value is -2.20. The first-order valence-electron chi connectivity index (χ1n) is 5.21. The molecular formula is C13H9NO3. The van der Waals surface area contributed by atoms with Gasteiger partial charge >= 0.3 is 0 Å². The zero-order chi connectivity index (χ0) is 11.8. The number of aliphatic hydroxyl groups excluding tert-OH is 1. The lowest BCUT2D eigenvalue weighted by Crippen LogP contribution is -2.03. The first-order chi connectivity index (χ1) is 8.29. The van der Waals surface area contributed by atoms with Gasteiger partial charge in [-0.3, -0.25) is 4.79 Å². The number of aliphatic hydroxyl groups is 1. The highest BCUT2D eigenvalue weighted by molar-refractivity contribution is 5.88. The number of hydrogen-bond acceptors (Lipinski definition) is 4. The number of benzene rings is 1. The highest BCUT2D eigenvalue weighted by Crippen LogP contribution is 2.17. The Balaban J connectivity index is 2.51. The Morgan fingerprint density at radius 3 is 2.94 bits per heavy atom. The lowest BCUT2D eigenvalue weighted by Gasteiger charge is -2.01. The van der Waals surface area contributed by atoms with Crippen molar-refractivity contribution in [3.05, 3.63) is 52.3 Å². The molecule has 1 N–H and O–H groups in total. The largest absolute Gasteiger partial charge is 0.437 e. The molecule has 1 aromatic carbocycles. The molecule has 0 aliphatic heterocycles. The van der Waals surface area contributed by atoms with Crippen molar-refractivity contribution >= 4 is 22.1 Å². The minimum absolute atomic E-state index is 0.0968. The molecule has 17 heavy (non-hydrogen) atoms. The summed E-state index contributed by atoms with van der Waals surface area (Å²) in [6, 6.07) is 8.42. The van der Waals surface area contributed by atoms with E-state index in [1.165, 1.54) is 0 Å². The highest BCUT2D eigenvalue weighted by Gasteiger charge is 2.08. The fraction of sp³-hybridized carbons (Fsp3) is 0.0769. The summed E-state index contributed by atoms with van der Waals surface area (Å²) in [5.41, 5.74) is 1.39. The number of pyridine rings is 1. The number of hydrogen-bond donors (Lipinski definition) is 1. The van der Waals surface area contributed by atoms with E-state index in [1.54, 1.807) is 36.5 Å². The predicted molar refractivity (Wildman–Crippen MR) is 63.7 cm³/mol. The molecule has 2 aromatic heterocycles. The van der Waals surface area contributed by atoms with Gasteiger partial charge in [-0.2, -0.15) is 0 Å². The minimum Gasteiger partial charge on any atom is -0.437 e. The van der Waals surface area contributed by atoms with Crippen LogP contribution in [-0.4, -0.2) is 10.1 Å². The van der Waals surface area contributed by atoms with Gasteiger partial charge in [-0.25, -0.2) is 4.98 Å². The second kappa shape index (κ2) is 3.68. The van der Waals surface area contributed by atoms with Gasteiger partial charge in [0.2, 0.25) is 11.1 Å². The van der Waals surface area contributed by atoms with Crippen LogP contribution in [0.4, 0.5) is 0 Å². The molecule has 4 nitrogen and oxygen atoms in total. The lowest BCUT2D eigenvalue weighted by atomic mass is 10.1. The number of aromatic nitrogens is 1. The van der Waals surface area contributed by atoms with Crippen LogP contribution in [0.25, 0.3) is 22.1 Å². The molecule has 0 aliphatic rings. The fourth-order valence-corrected chi connectivity index (χ4v) is 1.84. The maximum absolute atomic E-state index is 12.2. The standard InChI is InChI=1S/C13H9NO3/c15-7-8-3-4-11-10(6-8)12(16)9-2-1-5-14-13(9)17-11/h1-6,15H,7H2. The molecule has 0 aliphatic carbocycles. The van der Waals surface area contributed by atoms with Gasteiger partial charge in [-0.15, -0.1) is 0 Å². The van der Waals surface area contributed by atoms with Gasteiger partial charge in [0.05, 0.1) is 17.4 Å². The Bertz CT molecular complexity index is 761. The SMILES string of the molecule is O=c1c2cc(CO)ccc2oc2ncccc12. The van der Waals surface area contributed by atoms with Gasteiger partial charge in [-0.1, -0.05) is 6.07 Å². The molecule has 0 atom stereocenters. The Labute approximate surface area is 96.1 Å². The molecule has 0 spiro atoms. The molecule has 0 saturated carbocycles. The van der Waals surface area contributed by atoms with Gasteiger partial charge in [0.25, 0.3) is 0 Å². The van der Waals surface area contributed by atoms with Crippen LogP contribution in [-0.2, 0) is 6.61 Å².